The summed E-state index contributed by atoms with van der Waals surface area (Å²) in [5, 5.41) is 2.89. The summed E-state index contributed by atoms with van der Waals surface area (Å²) in [6.07, 6.45) is 1.49. The molecule has 1 N–H and O–H groups in total. The first-order chi connectivity index (χ1) is 10.2. The molecule has 0 aliphatic carbocycles. The maximum atomic E-state index is 14.3. The van der Waals surface area contributed by atoms with Crippen molar-refractivity contribution < 1.29 is 18.6 Å². The van der Waals surface area contributed by atoms with E-state index in [2.05, 4.69) is 10.3 Å². The number of rotatable bonds is 6. The van der Waals surface area contributed by atoms with Gasteiger partial charge in [0.25, 0.3) is 5.88 Å². The lowest BCUT2D eigenvalue weighted by atomic mass is 10.2. The summed E-state index contributed by atoms with van der Waals surface area (Å²) >= 11 is 0. The normalized spacial score (nSPS) is 10.3. The second kappa shape index (κ2) is 6.90. The first kappa shape index (κ1) is 15.1. The average Bonchev–Trinajstić information content (AvgIpc) is 2.51. The lowest BCUT2D eigenvalue weighted by Gasteiger charge is -2.14. The van der Waals surface area contributed by atoms with Crippen molar-refractivity contribution in [2.24, 2.45) is 0 Å². The summed E-state index contributed by atoms with van der Waals surface area (Å²) in [7, 11) is 4.75. The Hall–Kier alpha value is -2.34. The van der Waals surface area contributed by atoms with Crippen molar-refractivity contribution in [2.75, 3.05) is 21.3 Å². The SMILES string of the molecule is CNCc1ccnc(Oc2c(OC)cccc2OC)c1F. The van der Waals surface area contributed by atoms with Gasteiger partial charge in [-0.05, 0) is 25.2 Å². The monoisotopic (exact) mass is 292 g/mol. The van der Waals surface area contributed by atoms with Gasteiger partial charge >= 0.3 is 0 Å². The van der Waals surface area contributed by atoms with Crippen molar-refractivity contribution in [3.63, 3.8) is 0 Å². The molecule has 0 aliphatic heterocycles. The van der Waals surface area contributed by atoms with Crippen molar-refractivity contribution in [1.29, 1.82) is 0 Å². The van der Waals surface area contributed by atoms with E-state index in [0.717, 1.165) is 0 Å². The van der Waals surface area contributed by atoms with Crippen molar-refractivity contribution >= 4 is 0 Å². The zero-order valence-electron chi connectivity index (χ0n) is 12.1. The van der Waals surface area contributed by atoms with E-state index in [1.54, 1.807) is 31.3 Å². The smallest absolute Gasteiger partial charge is 0.256 e. The molecular formula is C15H17FN2O3. The predicted molar refractivity (Wildman–Crippen MR) is 76.6 cm³/mol. The minimum Gasteiger partial charge on any atom is -0.493 e. The van der Waals surface area contributed by atoms with E-state index in [4.69, 9.17) is 14.2 Å². The van der Waals surface area contributed by atoms with Crippen molar-refractivity contribution in [2.45, 2.75) is 6.54 Å². The number of ether oxygens (including phenoxy) is 3. The Kier molecular flexibility index (Phi) is 4.94. The third kappa shape index (κ3) is 3.22. The Balaban J connectivity index is 2.40. The highest BCUT2D eigenvalue weighted by Gasteiger charge is 2.17. The van der Waals surface area contributed by atoms with E-state index in [1.165, 1.54) is 20.4 Å². The van der Waals surface area contributed by atoms with E-state index in [1.807, 2.05) is 0 Å². The Morgan fingerprint density at radius 2 is 1.81 bits per heavy atom. The van der Waals surface area contributed by atoms with Gasteiger partial charge in [-0.15, -0.1) is 0 Å². The van der Waals surface area contributed by atoms with Crippen LogP contribution in [0, 0.1) is 5.82 Å². The molecule has 6 heteroatoms. The van der Waals surface area contributed by atoms with E-state index in [9.17, 15) is 4.39 Å². The van der Waals surface area contributed by atoms with Crippen LogP contribution in [0.1, 0.15) is 5.56 Å². The number of nitrogens with one attached hydrogen (secondary N) is 1. The number of nitrogens with zero attached hydrogens (tertiary/aromatic N) is 1. The first-order valence-electron chi connectivity index (χ1n) is 6.38. The number of pyridine rings is 1. The number of hydrogen-bond donors (Lipinski definition) is 1. The number of para-hydroxylation sites is 1. The van der Waals surface area contributed by atoms with Gasteiger partial charge in [-0.1, -0.05) is 6.07 Å². The molecule has 0 bridgehead atoms. The first-order valence-corrected chi connectivity index (χ1v) is 6.38. The minimum absolute atomic E-state index is 0.120. The fourth-order valence-corrected chi connectivity index (χ4v) is 1.87. The van der Waals surface area contributed by atoms with Crippen LogP contribution in [0.15, 0.2) is 30.5 Å². The van der Waals surface area contributed by atoms with Gasteiger partial charge in [0, 0.05) is 18.3 Å². The van der Waals surface area contributed by atoms with Gasteiger partial charge in [0.05, 0.1) is 14.2 Å². The lowest BCUT2D eigenvalue weighted by Crippen LogP contribution is -2.08. The number of halogens is 1. The van der Waals surface area contributed by atoms with Gasteiger partial charge in [-0.3, -0.25) is 0 Å². The Labute approximate surface area is 122 Å². The van der Waals surface area contributed by atoms with Gasteiger partial charge in [-0.2, -0.15) is 0 Å². The summed E-state index contributed by atoms with van der Waals surface area (Å²) in [4.78, 5) is 3.93. The summed E-state index contributed by atoms with van der Waals surface area (Å²) in [6, 6.07) is 6.75. The molecule has 1 aromatic heterocycles. The van der Waals surface area contributed by atoms with Gasteiger partial charge in [-0.25, -0.2) is 9.37 Å². The molecular weight excluding hydrogens is 275 g/mol. The molecule has 0 saturated carbocycles. The van der Waals surface area contributed by atoms with Gasteiger partial charge < -0.3 is 19.5 Å². The quantitative estimate of drug-likeness (QED) is 0.887. The van der Waals surface area contributed by atoms with E-state index in [-0.39, 0.29) is 11.6 Å². The van der Waals surface area contributed by atoms with Gasteiger partial charge in [0.2, 0.25) is 5.75 Å². The van der Waals surface area contributed by atoms with Crippen molar-refractivity contribution in [3.05, 3.63) is 41.8 Å². The molecule has 0 fully saturated rings. The van der Waals surface area contributed by atoms with Crippen LogP contribution in [0.5, 0.6) is 23.1 Å². The van der Waals surface area contributed by atoms with Gasteiger partial charge in [0.15, 0.2) is 17.3 Å². The average molecular weight is 292 g/mol. The molecule has 0 spiro atoms. The molecule has 0 aliphatic rings. The van der Waals surface area contributed by atoms with Crippen LogP contribution in [-0.2, 0) is 6.54 Å². The number of methoxy groups -OCH3 is 2. The standard InChI is InChI=1S/C15H17FN2O3/c1-17-9-10-7-8-18-15(13(10)16)21-14-11(19-2)5-4-6-12(14)20-3/h4-8,17H,9H2,1-3H3. The fourth-order valence-electron chi connectivity index (χ4n) is 1.87. The molecule has 1 heterocycles. The van der Waals surface area contributed by atoms with Crippen LogP contribution in [-0.4, -0.2) is 26.3 Å². The largest absolute Gasteiger partial charge is 0.493 e. The molecule has 21 heavy (non-hydrogen) atoms. The molecule has 2 aromatic rings. The second-order valence-corrected chi connectivity index (χ2v) is 4.21. The molecule has 1 aromatic carbocycles. The number of benzene rings is 1. The summed E-state index contributed by atoms with van der Waals surface area (Å²) in [6.45, 7) is 0.383. The van der Waals surface area contributed by atoms with Gasteiger partial charge in [0.1, 0.15) is 0 Å². The van der Waals surface area contributed by atoms with Crippen molar-refractivity contribution in [1.82, 2.24) is 10.3 Å². The highest BCUT2D eigenvalue weighted by Crippen LogP contribution is 2.40. The molecule has 0 amide bonds. The Bertz CT molecular complexity index is 598. The van der Waals surface area contributed by atoms with Crippen LogP contribution < -0.4 is 19.5 Å². The third-order valence-electron chi connectivity index (χ3n) is 2.89. The van der Waals surface area contributed by atoms with E-state index in [0.29, 0.717) is 23.6 Å². The second-order valence-electron chi connectivity index (χ2n) is 4.21. The molecule has 2 rings (SSSR count). The predicted octanol–water partition coefficient (Wildman–Crippen LogP) is 2.75. The van der Waals surface area contributed by atoms with E-state index < -0.39 is 5.82 Å². The Morgan fingerprint density at radius 1 is 1.14 bits per heavy atom. The topological polar surface area (TPSA) is 52.6 Å². The molecule has 0 saturated heterocycles. The minimum atomic E-state index is -0.514. The van der Waals surface area contributed by atoms with Crippen LogP contribution in [0.3, 0.4) is 0 Å². The van der Waals surface area contributed by atoms with Crippen LogP contribution in [0.25, 0.3) is 0 Å². The Morgan fingerprint density at radius 3 is 2.38 bits per heavy atom. The highest BCUT2D eigenvalue weighted by molar-refractivity contribution is 5.52. The molecule has 112 valence electrons. The molecule has 0 unspecified atom stereocenters. The van der Waals surface area contributed by atoms with Crippen LogP contribution in [0.4, 0.5) is 4.39 Å². The van der Waals surface area contributed by atoms with Crippen LogP contribution in [0.2, 0.25) is 0 Å². The summed E-state index contributed by atoms with van der Waals surface area (Å²) in [5.41, 5.74) is 0.469. The molecule has 0 radical (unpaired) electrons. The van der Waals surface area contributed by atoms with E-state index >= 15 is 0 Å². The fraction of sp³-hybridized carbons (Fsp3) is 0.267. The molecule has 5 nitrogen and oxygen atoms in total. The highest BCUT2D eigenvalue weighted by atomic mass is 19.1. The molecule has 0 atom stereocenters. The number of hydrogen-bond acceptors (Lipinski definition) is 5. The summed E-state index contributed by atoms with van der Waals surface area (Å²) < 4.78 is 30.3. The maximum absolute atomic E-state index is 14.3. The maximum Gasteiger partial charge on any atom is 0.256 e. The zero-order chi connectivity index (χ0) is 15.2. The van der Waals surface area contributed by atoms with Crippen LogP contribution >= 0.6 is 0 Å². The third-order valence-corrected chi connectivity index (χ3v) is 2.89. The summed E-state index contributed by atoms with van der Waals surface area (Å²) in [5.74, 6) is 0.532. The number of aromatic nitrogens is 1. The van der Waals surface area contributed by atoms with Crippen molar-refractivity contribution in [3.8, 4) is 23.1 Å². The zero-order valence-corrected chi connectivity index (χ0v) is 12.1. The lowest BCUT2D eigenvalue weighted by molar-refractivity contribution is 0.333.